The van der Waals surface area contributed by atoms with Crippen LogP contribution in [0.3, 0.4) is 0 Å². The van der Waals surface area contributed by atoms with Gasteiger partial charge in [-0.2, -0.15) is 0 Å². The van der Waals surface area contributed by atoms with Gasteiger partial charge >= 0.3 is 11.9 Å². The van der Waals surface area contributed by atoms with Crippen molar-refractivity contribution in [3.8, 4) is 0 Å². The number of carboxylic acid groups (broad SMARTS) is 2. The summed E-state index contributed by atoms with van der Waals surface area (Å²) in [5.41, 5.74) is 1.94. The summed E-state index contributed by atoms with van der Waals surface area (Å²) in [4.78, 5) is 19.8. The number of furan rings is 2. The van der Waals surface area contributed by atoms with Crippen molar-refractivity contribution in [2.24, 2.45) is 0 Å². The highest BCUT2D eigenvalue weighted by molar-refractivity contribution is 5.67. The lowest BCUT2D eigenvalue weighted by atomic mass is 10.2. The van der Waals surface area contributed by atoms with Crippen molar-refractivity contribution < 1.29 is 24.2 Å². The molecule has 0 aliphatic heterocycles. The van der Waals surface area contributed by atoms with E-state index in [-0.39, 0.29) is 12.8 Å². The molecule has 2 rings (SSSR count). The molecule has 0 spiro atoms. The van der Waals surface area contributed by atoms with Gasteiger partial charge in [0.15, 0.2) is 0 Å². The molecule has 0 unspecified atom stereocenters. The summed E-state index contributed by atoms with van der Waals surface area (Å²) in [6.45, 7) is 0. The van der Waals surface area contributed by atoms with Crippen LogP contribution in [0.15, 0.2) is 28.7 Å². The first-order valence-corrected chi connectivity index (χ1v) is 5.29. The van der Waals surface area contributed by atoms with Crippen LogP contribution in [0.2, 0.25) is 0 Å². The minimum absolute atomic E-state index is 0.0628. The van der Waals surface area contributed by atoms with Crippen molar-refractivity contribution in [1.82, 2.24) is 0 Å². The highest BCUT2D eigenvalue weighted by atomic mass is 16.4. The van der Waals surface area contributed by atoms with Gasteiger partial charge < -0.3 is 14.6 Å². The third-order valence-electron chi connectivity index (χ3n) is 2.09. The van der Waals surface area contributed by atoms with Gasteiger partial charge in [0.05, 0.1) is 0 Å². The summed E-state index contributed by atoms with van der Waals surface area (Å²) in [5.74, 6) is -1.74. The molecule has 2 aromatic rings. The maximum atomic E-state index is 9.90. The van der Waals surface area contributed by atoms with Crippen LogP contribution in [-0.2, 0) is 9.59 Å². The molecule has 0 amide bonds. The van der Waals surface area contributed by atoms with Crippen LogP contribution in [0, 0.1) is 0 Å². The zero-order chi connectivity index (χ0) is 12.7. The van der Waals surface area contributed by atoms with E-state index >= 15 is 0 Å². The second-order valence-electron chi connectivity index (χ2n) is 3.57. The van der Waals surface area contributed by atoms with E-state index in [1.807, 2.05) is 24.3 Å². The molecule has 5 heteroatoms. The number of hydrogen-bond acceptors (Lipinski definition) is 3. The molecule has 0 aromatic carbocycles. The normalized spacial score (nSPS) is 9.88. The van der Waals surface area contributed by atoms with E-state index in [1.165, 1.54) is 0 Å². The first kappa shape index (κ1) is 13.0. The summed E-state index contributed by atoms with van der Waals surface area (Å²) in [5, 5.41) is 16.3. The zero-order valence-corrected chi connectivity index (χ0v) is 9.26. The van der Waals surface area contributed by atoms with E-state index in [0.29, 0.717) is 12.8 Å². The maximum absolute atomic E-state index is 9.90. The Bertz CT molecular complexity index is 398. The SMILES string of the molecule is O=C(O)CCCCC(=O)O.c1cc2ccc1o2. The zero-order valence-electron chi connectivity index (χ0n) is 9.26. The first-order valence-electron chi connectivity index (χ1n) is 5.29. The lowest BCUT2D eigenvalue weighted by Crippen LogP contribution is -1.97. The molecule has 0 radical (unpaired) electrons. The van der Waals surface area contributed by atoms with Crippen molar-refractivity contribution in [1.29, 1.82) is 0 Å². The molecule has 2 N–H and O–H groups in total. The second-order valence-corrected chi connectivity index (χ2v) is 3.57. The number of aliphatic carboxylic acids is 2. The fourth-order valence-electron chi connectivity index (χ4n) is 1.26. The smallest absolute Gasteiger partial charge is 0.303 e. The highest BCUT2D eigenvalue weighted by Crippen LogP contribution is 2.13. The molecular weight excluding hydrogens is 224 g/mol. The number of rotatable bonds is 5. The fraction of sp³-hybridized carbons (Fsp3) is 0.333. The largest absolute Gasteiger partial charge is 0.481 e. The van der Waals surface area contributed by atoms with Gasteiger partial charge in [0.2, 0.25) is 0 Å². The molecule has 5 nitrogen and oxygen atoms in total. The number of carbonyl (C=O) groups is 2. The van der Waals surface area contributed by atoms with E-state index < -0.39 is 11.9 Å². The molecule has 2 aromatic heterocycles. The van der Waals surface area contributed by atoms with Crippen molar-refractivity contribution in [2.45, 2.75) is 25.7 Å². The van der Waals surface area contributed by atoms with Gasteiger partial charge in [-0.15, -0.1) is 0 Å². The van der Waals surface area contributed by atoms with E-state index in [9.17, 15) is 9.59 Å². The van der Waals surface area contributed by atoms with Crippen molar-refractivity contribution in [3.05, 3.63) is 24.3 Å². The van der Waals surface area contributed by atoms with E-state index in [0.717, 1.165) is 11.2 Å². The Morgan fingerprint density at radius 1 is 0.882 bits per heavy atom. The monoisotopic (exact) mass is 238 g/mol. The third kappa shape index (κ3) is 5.55. The molecule has 0 saturated carbocycles. The van der Waals surface area contributed by atoms with Gasteiger partial charge in [-0.3, -0.25) is 9.59 Å². The average molecular weight is 238 g/mol. The van der Waals surface area contributed by atoms with Crippen LogP contribution in [0.4, 0.5) is 0 Å². The van der Waals surface area contributed by atoms with Crippen LogP contribution in [0.25, 0.3) is 11.2 Å². The Morgan fingerprint density at radius 2 is 1.24 bits per heavy atom. The third-order valence-corrected chi connectivity index (χ3v) is 2.09. The number of unbranched alkanes of at least 4 members (excludes halogenated alkanes) is 1. The number of fused-ring (bicyclic) bond motifs is 2. The summed E-state index contributed by atoms with van der Waals surface area (Å²) in [7, 11) is 0. The van der Waals surface area contributed by atoms with Gasteiger partial charge in [-0.1, -0.05) is 0 Å². The van der Waals surface area contributed by atoms with Gasteiger partial charge in [-0.25, -0.2) is 0 Å². The van der Waals surface area contributed by atoms with E-state index in [2.05, 4.69) is 0 Å². The quantitative estimate of drug-likeness (QED) is 0.781. The molecule has 0 aliphatic carbocycles. The number of hydrogen-bond donors (Lipinski definition) is 2. The summed E-state index contributed by atoms with van der Waals surface area (Å²) in [6.07, 6.45) is 1.02. The lowest BCUT2D eigenvalue weighted by Gasteiger charge is -1.92. The number of carboxylic acids is 2. The first-order chi connectivity index (χ1) is 8.08. The van der Waals surface area contributed by atoms with Crippen LogP contribution in [-0.4, -0.2) is 22.2 Å². The molecule has 0 aliphatic rings. The van der Waals surface area contributed by atoms with E-state index in [1.54, 1.807) is 0 Å². The van der Waals surface area contributed by atoms with E-state index in [4.69, 9.17) is 14.6 Å². The molecule has 0 atom stereocenters. The Balaban J connectivity index is 0.000000177. The standard InChI is InChI=1S/C6H10O4.C6H4O/c7-5(8)3-1-2-4-6(9)10;1-2-6-4-3-5(1)7-6/h1-4H2,(H,7,8)(H,9,10);1-4H. The Labute approximate surface area is 98.0 Å². The van der Waals surface area contributed by atoms with Gasteiger partial charge in [0.25, 0.3) is 0 Å². The van der Waals surface area contributed by atoms with Gasteiger partial charge in [0, 0.05) is 12.8 Å². The van der Waals surface area contributed by atoms with Crippen LogP contribution < -0.4 is 0 Å². The highest BCUT2D eigenvalue weighted by Gasteiger charge is 1.99. The van der Waals surface area contributed by atoms with Crippen molar-refractivity contribution in [3.63, 3.8) is 0 Å². The second kappa shape index (κ2) is 6.52. The van der Waals surface area contributed by atoms with Gasteiger partial charge in [0.1, 0.15) is 11.2 Å². The lowest BCUT2D eigenvalue weighted by molar-refractivity contribution is -0.139. The predicted molar refractivity (Wildman–Crippen MR) is 61.1 cm³/mol. The van der Waals surface area contributed by atoms with Crippen LogP contribution >= 0.6 is 0 Å². The molecule has 17 heavy (non-hydrogen) atoms. The van der Waals surface area contributed by atoms with Crippen LogP contribution in [0.5, 0.6) is 0 Å². The minimum atomic E-state index is -0.870. The average Bonchev–Trinajstić information content (AvgIpc) is 2.89. The molecule has 2 bridgehead atoms. The summed E-state index contributed by atoms with van der Waals surface area (Å²) in [6, 6.07) is 7.81. The molecule has 0 saturated heterocycles. The molecular formula is C12H14O5. The van der Waals surface area contributed by atoms with Crippen molar-refractivity contribution >= 4 is 23.1 Å². The molecule has 92 valence electrons. The predicted octanol–water partition coefficient (Wildman–Crippen LogP) is 2.59. The van der Waals surface area contributed by atoms with Crippen LogP contribution in [0.1, 0.15) is 25.7 Å². The van der Waals surface area contributed by atoms with Gasteiger partial charge in [-0.05, 0) is 37.1 Å². The van der Waals surface area contributed by atoms with Crippen molar-refractivity contribution in [2.75, 3.05) is 0 Å². The summed E-state index contributed by atoms with van der Waals surface area (Å²) >= 11 is 0. The maximum Gasteiger partial charge on any atom is 0.303 e. The fourth-order valence-corrected chi connectivity index (χ4v) is 1.26. The Kier molecular flexibility index (Phi) is 5.00. The Morgan fingerprint density at radius 3 is 1.41 bits per heavy atom. The number of benzene rings is 1. The summed E-state index contributed by atoms with van der Waals surface area (Å²) < 4.78 is 5.08. The minimum Gasteiger partial charge on any atom is -0.481 e. The Hall–Kier alpha value is -2.04. The molecule has 0 fully saturated rings. The molecule has 2 heterocycles. The topological polar surface area (TPSA) is 87.7 Å².